The van der Waals surface area contributed by atoms with E-state index in [1.807, 2.05) is 19.1 Å². The highest BCUT2D eigenvalue weighted by Gasteiger charge is 2.23. The number of hydrogen-bond donors (Lipinski definition) is 2. The minimum Gasteiger partial charge on any atom is -0.394 e. The molecule has 6 nitrogen and oxygen atoms in total. The lowest BCUT2D eigenvalue weighted by molar-refractivity contribution is -0.125. The predicted molar refractivity (Wildman–Crippen MR) is 110 cm³/mol. The molecule has 0 aliphatic heterocycles. The van der Waals surface area contributed by atoms with Crippen molar-refractivity contribution in [1.82, 2.24) is 15.1 Å². The van der Waals surface area contributed by atoms with Crippen molar-refractivity contribution in [3.63, 3.8) is 0 Å². The van der Waals surface area contributed by atoms with E-state index in [0.29, 0.717) is 5.69 Å². The largest absolute Gasteiger partial charge is 0.394 e. The van der Waals surface area contributed by atoms with Gasteiger partial charge in [-0.05, 0) is 44.9 Å². The first-order chi connectivity index (χ1) is 13.0. The molecule has 2 aromatic rings. The van der Waals surface area contributed by atoms with E-state index in [0.717, 1.165) is 35.4 Å². The highest BCUT2D eigenvalue weighted by molar-refractivity contribution is 7.15. The van der Waals surface area contributed by atoms with E-state index in [1.165, 1.54) is 23.9 Å². The van der Waals surface area contributed by atoms with Crippen LogP contribution in [-0.4, -0.2) is 21.7 Å². The Balaban J connectivity index is 1.80. The van der Waals surface area contributed by atoms with Gasteiger partial charge in [0.05, 0.1) is 4.88 Å². The molecule has 0 saturated heterocycles. The van der Waals surface area contributed by atoms with Gasteiger partial charge in [0, 0.05) is 10.9 Å². The van der Waals surface area contributed by atoms with Crippen molar-refractivity contribution in [1.29, 1.82) is 0 Å². The second-order valence-corrected chi connectivity index (χ2v) is 8.66. The highest BCUT2D eigenvalue weighted by Crippen LogP contribution is 2.26. The summed E-state index contributed by atoms with van der Waals surface area (Å²) in [6.45, 7) is 3.72. The standard InChI is InChI=1S/C20H28N4O2S/c1-13-10-11-18(27-13)17-12-16(21)20(26)24(23-17)14(2)19(25)22-15-8-6-4-3-5-7-9-15/h10-12,14-15H,3-9,21H2,1-2H3,(H,22,25)/t14-/m1/s1. The van der Waals surface area contributed by atoms with E-state index in [9.17, 15) is 9.59 Å². The van der Waals surface area contributed by atoms with Crippen LogP contribution in [0.5, 0.6) is 0 Å². The number of aromatic nitrogens is 2. The van der Waals surface area contributed by atoms with Gasteiger partial charge in [-0.25, -0.2) is 4.68 Å². The van der Waals surface area contributed by atoms with E-state index in [2.05, 4.69) is 10.4 Å². The van der Waals surface area contributed by atoms with E-state index in [4.69, 9.17) is 5.73 Å². The summed E-state index contributed by atoms with van der Waals surface area (Å²) in [5, 5.41) is 7.56. The zero-order chi connectivity index (χ0) is 19.4. The number of nitrogens with zero attached hydrogens (tertiary/aromatic N) is 2. The van der Waals surface area contributed by atoms with E-state index >= 15 is 0 Å². The average Bonchev–Trinajstić information content (AvgIpc) is 3.05. The molecule has 27 heavy (non-hydrogen) atoms. The van der Waals surface area contributed by atoms with Gasteiger partial charge in [-0.3, -0.25) is 9.59 Å². The second-order valence-electron chi connectivity index (χ2n) is 7.37. The SMILES string of the molecule is Cc1ccc(-c2cc(N)c(=O)n([C@H](C)C(=O)NC3CCCCCCC3)n2)s1. The number of thiophene rings is 1. The number of carbonyl (C=O) groups excluding carboxylic acids is 1. The summed E-state index contributed by atoms with van der Waals surface area (Å²) >= 11 is 1.58. The number of rotatable bonds is 4. The smallest absolute Gasteiger partial charge is 0.290 e. The lowest BCUT2D eigenvalue weighted by Crippen LogP contribution is -2.42. The quantitative estimate of drug-likeness (QED) is 0.836. The second kappa shape index (κ2) is 8.69. The van der Waals surface area contributed by atoms with Crippen LogP contribution in [0.4, 0.5) is 5.69 Å². The highest BCUT2D eigenvalue weighted by atomic mass is 32.1. The van der Waals surface area contributed by atoms with Gasteiger partial charge in [-0.15, -0.1) is 11.3 Å². The Labute approximate surface area is 163 Å². The average molecular weight is 389 g/mol. The number of amides is 1. The summed E-state index contributed by atoms with van der Waals surface area (Å²) < 4.78 is 1.22. The monoisotopic (exact) mass is 388 g/mol. The summed E-state index contributed by atoms with van der Waals surface area (Å²) in [6, 6.07) is 5.01. The molecule has 1 aliphatic rings. The van der Waals surface area contributed by atoms with Crippen molar-refractivity contribution >= 4 is 22.9 Å². The van der Waals surface area contributed by atoms with Gasteiger partial charge in [0.15, 0.2) is 0 Å². The van der Waals surface area contributed by atoms with Crippen molar-refractivity contribution in [3.8, 4) is 10.6 Å². The fourth-order valence-electron chi connectivity index (χ4n) is 3.52. The van der Waals surface area contributed by atoms with Crippen molar-refractivity contribution in [2.24, 2.45) is 0 Å². The van der Waals surface area contributed by atoms with Crippen LogP contribution < -0.4 is 16.6 Å². The summed E-state index contributed by atoms with van der Waals surface area (Å²) in [6.07, 6.45) is 8.00. The summed E-state index contributed by atoms with van der Waals surface area (Å²) in [4.78, 5) is 27.4. The fourth-order valence-corrected chi connectivity index (χ4v) is 4.34. The van der Waals surface area contributed by atoms with Gasteiger partial charge in [0.25, 0.3) is 5.56 Å². The molecule has 1 atom stereocenters. The van der Waals surface area contributed by atoms with Gasteiger partial charge in [0.1, 0.15) is 17.4 Å². The summed E-state index contributed by atoms with van der Waals surface area (Å²) in [7, 11) is 0. The fraction of sp³-hybridized carbons (Fsp3) is 0.550. The number of carbonyl (C=O) groups is 1. The maximum atomic E-state index is 12.8. The molecule has 3 rings (SSSR count). The normalized spacial score (nSPS) is 17.1. The molecule has 3 N–H and O–H groups in total. The molecule has 0 spiro atoms. The summed E-state index contributed by atoms with van der Waals surface area (Å²) in [5.41, 5.74) is 6.23. The van der Waals surface area contributed by atoms with E-state index < -0.39 is 11.6 Å². The Morgan fingerprint density at radius 3 is 2.56 bits per heavy atom. The maximum Gasteiger partial charge on any atom is 0.290 e. The minimum atomic E-state index is -0.703. The number of aryl methyl sites for hydroxylation is 1. The maximum absolute atomic E-state index is 12.8. The minimum absolute atomic E-state index is 0.108. The lowest BCUT2D eigenvalue weighted by Gasteiger charge is -2.23. The first-order valence-electron chi connectivity index (χ1n) is 9.72. The molecule has 0 bridgehead atoms. The molecule has 1 fully saturated rings. The van der Waals surface area contributed by atoms with Crippen LogP contribution in [0.15, 0.2) is 23.0 Å². The zero-order valence-electron chi connectivity index (χ0n) is 16.0. The molecule has 0 aromatic carbocycles. The van der Waals surface area contributed by atoms with Crippen LogP contribution in [0, 0.1) is 6.92 Å². The number of anilines is 1. The molecule has 0 radical (unpaired) electrons. The van der Waals surface area contributed by atoms with Crippen LogP contribution in [-0.2, 0) is 4.79 Å². The lowest BCUT2D eigenvalue weighted by atomic mass is 9.96. The van der Waals surface area contributed by atoms with Gasteiger partial charge < -0.3 is 11.1 Å². The third-order valence-electron chi connectivity index (χ3n) is 5.15. The first-order valence-corrected chi connectivity index (χ1v) is 10.5. The number of hydrogen-bond acceptors (Lipinski definition) is 5. The number of nitrogens with two attached hydrogens (primary N) is 1. The Kier molecular flexibility index (Phi) is 6.31. The molecule has 2 heterocycles. The molecule has 1 saturated carbocycles. The molecule has 2 aromatic heterocycles. The Morgan fingerprint density at radius 2 is 1.93 bits per heavy atom. The molecule has 146 valence electrons. The van der Waals surface area contributed by atoms with E-state index in [-0.39, 0.29) is 17.6 Å². The number of nitrogens with one attached hydrogen (secondary N) is 1. The Hall–Kier alpha value is -2.15. The van der Waals surface area contributed by atoms with E-state index in [1.54, 1.807) is 24.3 Å². The van der Waals surface area contributed by atoms with Crippen molar-refractivity contribution in [3.05, 3.63) is 33.4 Å². The molecular weight excluding hydrogens is 360 g/mol. The first kappa shape index (κ1) is 19.6. The zero-order valence-corrected chi connectivity index (χ0v) is 16.8. The van der Waals surface area contributed by atoms with Crippen LogP contribution in [0.2, 0.25) is 0 Å². The molecular formula is C20H28N4O2S. The van der Waals surface area contributed by atoms with Gasteiger partial charge >= 0.3 is 0 Å². The third kappa shape index (κ3) is 4.77. The van der Waals surface area contributed by atoms with Crippen LogP contribution in [0.1, 0.15) is 62.8 Å². The van der Waals surface area contributed by atoms with Crippen molar-refractivity contribution in [2.45, 2.75) is 70.9 Å². The molecule has 1 amide bonds. The van der Waals surface area contributed by atoms with Crippen LogP contribution >= 0.6 is 11.3 Å². The van der Waals surface area contributed by atoms with Gasteiger partial charge in [0.2, 0.25) is 5.91 Å². The Bertz CT molecular complexity index is 850. The Morgan fingerprint density at radius 1 is 1.26 bits per heavy atom. The summed E-state index contributed by atoms with van der Waals surface area (Å²) in [5.74, 6) is -0.172. The molecule has 1 aliphatic carbocycles. The van der Waals surface area contributed by atoms with Crippen molar-refractivity contribution in [2.75, 3.05) is 5.73 Å². The molecule has 7 heteroatoms. The topological polar surface area (TPSA) is 90.0 Å². The third-order valence-corrected chi connectivity index (χ3v) is 6.18. The van der Waals surface area contributed by atoms with Gasteiger partial charge in [-0.2, -0.15) is 5.10 Å². The van der Waals surface area contributed by atoms with Crippen LogP contribution in [0.25, 0.3) is 10.6 Å². The number of nitrogen functional groups attached to an aromatic ring is 1. The molecule has 0 unspecified atom stereocenters. The van der Waals surface area contributed by atoms with Crippen LogP contribution in [0.3, 0.4) is 0 Å². The van der Waals surface area contributed by atoms with Gasteiger partial charge in [-0.1, -0.05) is 32.1 Å². The van der Waals surface area contributed by atoms with Crippen molar-refractivity contribution < 1.29 is 4.79 Å². The predicted octanol–water partition coefficient (Wildman–Crippen LogP) is 3.65.